The number of nitrogens with one attached hydrogen (secondary N) is 1. The number of amides is 4. The van der Waals surface area contributed by atoms with E-state index in [0.29, 0.717) is 56.0 Å². The minimum Gasteiger partial charge on any atom is -0.497 e. The van der Waals surface area contributed by atoms with Crippen LogP contribution in [0.25, 0.3) is 33.2 Å². The van der Waals surface area contributed by atoms with E-state index < -0.39 is 11.7 Å². The molecule has 0 radical (unpaired) electrons. The number of methoxy groups -OCH3 is 1. The van der Waals surface area contributed by atoms with E-state index in [1.807, 2.05) is 42.5 Å². The molecule has 0 spiro atoms. The number of carbonyl (C=O) groups is 5. The van der Waals surface area contributed by atoms with E-state index in [9.17, 15) is 24.0 Å². The number of para-hydroxylation sites is 1. The Labute approximate surface area is 304 Å². The Kier molecular flexibility index (Phi) is 8.01. The van der Waals surface area contributed by atoms with Crippen LogP contribution < -0.4 is 4.74 Å². The number of aromatic amines is 1. The molecule has 266 valence electrons. The summed E-state index contributed by atoms with van der Waals surface area (Å²) in [6.07, 6.45) is -0.146. The average Bonchev–Trinajstić information content (AvgIpc) is 3.82. The zero-order valence-electron chi connectivity index (χ0n) is 29.7. The first-order chi connectivity index (χ1) is 25.5. The van der Waals surface area contributed by atoms with Crippen LogP contribution >= 0.6 is 0 Å². The number of fused-ring (bicyclic) bond motifs is 4. The van der Waals surface area contributed by atoms with Gasteiger partial charge in [0.05, 0.1) is 46.3 Å². The monoisotopic (exact) mass is 708 g/mol. The minimum atomic E-state index is -0.831. The third-order valence-electron chi connectivity index (χ3n) is 9.83. The highest BCUT2D eigenvalue weighted by Gasteiger charge is 2.37. The molecule has 0 fully saturated rings. The van der Waals surface area contributed by atoms with Crippen molar-refractivity contribution in [2.75, 3.05) is 20.2 Å². The van der Waals surface area contributed by atoms with Gasteiger partial charge in [-0.15, -0.1) is 0 Å². The molecule has 0 bridgehead atoms. The quantitative estimate of drug-likeness (QED) is 0.165. The first-order valence-electron chi connectivity index (χ1n) is 17.4. The highest BCUT2D eigenvalue weighted by molar-refractivity contribution is 6.22. The topological polar surface area (TPSA) is 131 Å². The van der Waals surface area contributed by atoms with Crippen molar-refractivity contribution in [2.24, 2.45) is 0 Å². The second-order valence-electron chi connectivity index (χ2n) is 14.2. The van der Waals surface area contributed by atoms with Gasteiger partial charge in [0.15, 0.2) is 0 Å². The van der Waals surface area contributed by atoms with Crippen LogP contribution in [0.15, 0.2) is 91.0 Å². The standard InChI is InChI=1S/C42H36N4O7/c1-42(2,3)53-41(51)46-34-16-10-9-11-26(34)28(20-22-45-39(49)31-14-7-8-15-32(31)40(45)50)36(46)35-27(25-18-17-24(52-4)23-33(25)43-35)19-21-44-37(47)29-12-5-6-13-30(29)38(44)48/h5-18,23,43H,19-22H2,1-4H3. The summed E-state index contributed by atoms with van der Waals surface area (Å²) in [4.78, 5) is 74.1. The predicted molar refractivity (Wildman–Crippen MR) is 198 cm³/mol. The Morgan fingerprint density at radius 3 is 1.70 bits per heavy atom. The fraction of sp³-hybridized carbons (Fsp3) is 0.214. The van der Waals surface area contributed by atoms with Crippen molar-refractivity contribution >= 4 is 51.5 Å². The summed E-state index contributed by atoms with van der Waals surface area (Å²) in [7, 11) is 1.58. The van der Waals surface area contributed by atoms with Crippen molar-refractivity contribution in [1.82, 2.24) is 19.4 Å². The number of hydrogen-bond acceptors (Lipinski definition) is 7. The number of H-pyrrole nitrogens is 1. The van der Waals surface area contributed by atoms with Gasteiger partial charge in [0, 0.05) is 35.4 Å². The van der Waals surface area contributed by atoms with Crippen LogP contribution in [0.4, 0.5) is 4.79 Å². The highest BCUT2D eigenvalue weighted by atomic mass is 16.6. The normalized spacial score (nSPS) is 14.1. The molecule has 8 rings (SSSR count). The second-order valence-corrected chi connectivity index (χ2v) is 14.2. The van der Waals surface area contributed by atoms with Crippen molar-refractivity contribution in [2.45, 2.75) is 39.2 Å². The number of imide groups is 2. The Balaban J connectivity index is 1.29. The molecule has 2 aromatic heterocycles. The van der Waals surface area contributed by atoms with Gasteiger partial charge in [-0.3, -0.25) is 29.0 Å². The Morgan fingerprint density at radius 1 is 0.660 bits per heavy atom. The summed E-state index contributed by atoms with van der Waals surface area (Å²) in [6.45, 7) is 5.52. The number of aromatic nitrogens is 2. The molecule has 11 heteroatoms. The molecule has 11 nitrogen and oxygen atoms in total. The fourth-order valence-electron chi connectivity index (χ4n) is 7.47. The maximum atomic E-state index is 14.3. The van der Waals surface area contributed by atoms with Crippen molar-refractivity contribution < 1.29 is 33.4 Å². The van der Waals surface area contributed by atoms with Crippen molar-refractivity contribution in [3.63, 3.8) is 0 Å². The van der Waals surface area contributed by atoms with Gasteiger partial charge in [-0.2, -0.15) is 0 Å². The van der Waals surface area contributed by atoms with Crippen LogP contribution in [0.3, 0.4) is 0 Å². The maximum Gasteiger partial charge on any atom is 0.419 e. The molecule has 1 N–H and O–H groups in total. The Morgan fingerprint density at radius 2 is 1.17 bits per heavy atom. The molecular formula is C42H36N4O7. The first kappa shape index (κ1) is 33.6. The number of nitrogens with zero attached hydrogens (tertiary/aromatic N) is 3. The lowest BCUT2D eigenvalue weighted by Gasteiger charge is -2.21. The Hall–Kier alpha value is -6.49. The lowest BCUT2D eigenvalue weighted by atomic mass is 10.0. The number of rotatable bonds is 8. The molecule has 2 aliphatic rings. The van der Waals surface area contributed by atoms with E-state index in [-0.39, 0.29) is 49.6 Å². The molecule has 2 aliphatic heterocycles. The molecule has 4 amide bonds. The van der Waals surface area contributed by atoms with Crippen LogP contribution in [-0.4, -0.2) is 74.9 Å². The van der Waals surface area contributed by atoms with E-state index in [1.54, 1.807) is 76.4 Å². The van der Waals surface area contributed by atoms with E-state index >= 15 is 0 Å². The molecule has 0 atom stereocenters. The van der Waals surface area contributed by atoms with Gasteiger partial charge in [0.2, 0.25) is 0 Å². The first-order valence-corrected chi connectivity index (χ1v) is 17.4. The lowest BCUT2D eigenvalue weighted by Crippen LogP contribution is -2.32. The number of benzene rings is 4. The summed E-state index contributed by atoms with van der Waals surface area (Å²) >= 11 is 0. The summed E-state index contributed by atoms with van der Waals surface area (Å²) in [6, 6.07) is 26.6. The fourth-order valence-corrected chi connectivity index (χ4v) is 7.47. The van der Waals surface area contributed by atoms with E-state index in [0.717, 1.165) is 16.3 Å². The largest absolute Gasteiger partial charge is 0.497 e. The van der Waals surface area contributed by atoms with Crippen LogP contribution in [-0.2, 0) is 17.6 Å². The summed E-state index contributed by atoms with van der Waals surface area (Å²) < 4.78 is 13.1. The average molecular weight is 709 g/mol. The summed E-state index contributed by atoms with van der Waals surface area (Å²) in [5, 5.41) is 1.55. The SMILES string of the molecule is COc1ccc2c(CCN3C(=O)c4ccccc4C3=O)c(-c3c(CCN4C(=O)c5ccccc5C4=O)c4ccccc4n3C(=O)OC(C)(C)C)[nH]c2c1. The Bertz CT molecular complexity index is 2470. The van der Waals surface area contributed by atoms with Crippen molar-refractivity contribution in [3.8, 4) is 17.1 Å². The van der Waals surface area contributed by atoms with E-state index in [2.05, 4.69) is 4.98 Å². The van der Waals surface area contributed by atoms with Crippen LogP contribution in [0.1, 0.15) is 73.3 Å². The van der Waals surface area contributed by atoms with Gasteiger partial charge in [-0.25, -0.2) is 9.36 Å². The molecule has 53 heavy (non-hydrogen) atoms. The lowest BCUT2D eigenvalue weighted by molar-refractivity contribution is 0.0543. The zero-order valence-corrected chi connectivity index (χ0v) is 29.7. The summed E-state index contributed by atoms with van der Waals surface area (Å²) in [5.74, 6) is -0.864. The number of hydrogen-bond donors (Lipinski definition) is 1. The molecule has 4 aromatic carbocycles. The van der Waals surface area contributed by atoms with Gasteiger partial charge in [-0.1, -0.05) is 42.5 Å². The van der Waals surface area contributed by atoms with Crippen molar-refractivity contribution in [3.05, 3.63) is 124 Å². The molecule has 0 saturated carbocycles. The summed E-state index contributed by atoms with van der Waals surface area (Å²) in [5.41, 5.74) is 4.43. The molecule has 0 aliphatic carbocycles. The molecule has 0 saturated heterocycles. The van der Waals surface area contributed by atoms with Gasteiger partial charge in [0.25, 0.3) is 23.6 Å². The smallest absolute Gasteiger partial charge is 0.419 e. The van der Waals surface area contributed by atoms with E-state index in [1.165, 1.54) is 14.4 Å². The van der Waals surface area contributed by atoms with Crippen LogP contribution in [0, 0.1) is 0 Å². The third kappa shape index (κ3) is 5.56. The number of carbonyl (C=O) groups excluding carboxylic acids is 5. The van der Waals surface area contributed by atoms with E-state index in [4.69, 9.17) is 9.47 Å². The van der Waals surface area contributed by atoms with Gasteiger partial charge < -0.3 is 14.5 Å². The second kappa shape index (κ2) is 12.6. The van der Waals surface area contributed by atoms with Crippen molar-refractivity contribution in [1.29, 1.82) is 0 Å². The minimum absolute atomic E-state index is 0.0557. The predicted octanol–water partition coefficient (Wildman–Crippen LogP) is 7.26. The highest BCUT2D eigenvalue weighted by Crippen LogP contribution is 2.40. The maximum absolute atomic E-state index is 14.3. The van der Waals surface area contributed by atoms with Gasteiger partial charge in [-0.05, 0) is 87.2 Å². The molecule has 0 unspecified atom stereocenters. The molecular weight excluding hydrogens is 672 g/mol. The molecule has 6 aromatic rings. The van der Waals surface area contributed by atoms with Gasteiger partial charge >= 0.3 is 6.09 Å². The zero-order chi connectivity index (χ0) is 37.2. The van der Waals surface area contributed by atoms with Gasteiger partial charge in [0.1, 0.15) is 11.4 Å². The number of ether oxygens (including phenoxy) is 2. The molecule has 4 heterocycles. The van der Waals surface area contributed by atoms with Crippen LogP contribution in [0.2, 0.25) is 0 Å². The third-order valence-corrected chi connectivity index (χ3v) is 9.83. The van der Waals surface area contributed by atoms with Crippen LogP contribution in [0.5, 0.6) is 5.75 Å².